The highest BCUT2D eigenvalue weighted by Gasteiger charge is 2.25. The molecule has 2 atom stereocenters. The fourth-order valence-corrected chi connectivity index (χ4v) is 2.32. The summed E-state index contributed by atoms with van der Waals surface area (Å²) in [6.45, 7) is 5.81. The SMILES string of the molecule is CC[C@H](C)[C@H](NC(=O)CCN(Cc1ccccc1)C(C)=O)C(=O)O. The van der Waals surface area contributed by atoms with Gasteiger partial charge in [-0.2, -0.15) is 0 Å². The van der Waals surface area contributed by atoms with Gasteiger partial charge in [-0.15, -0.1) is 0 Å². The van der Waals surface area contributed by atoms with Gasteiger partial charge in [-0.3, -0.25) is 9.59 Å². The smallest absolute Gasteiger partial charge is 0.326 e. The van der Waals surface area contributed by atoms with E-state index in [0.717, 1.165) is 5.56 Å². The van der Waals surface area contributed by atoms with Crippen LogP contribution in [0.3, 0.4) is 0 Å². The van der Waals surface area contributed by atoms with Crippen LogP contribution in [-0.4, -0.2) is 40.4 Å². The van der Waals surface area contributed by atoms with Crippen LogP contribution in [-0.2, 0) is 20.9 Å². The summed E-state index contributed by atoms with van der Waals surface area (Å²) >= 11 is 0. The second-order valence-corrected chi connectivity index (χ2v) is 5.95. The van der Waals surface area contributed by atoms with Gasteiger partial charge in [0.15, 0.2) is 0 Å². The molecule has 2 N–H and O–H groups in total. The van der Waals surface area contributed by atoms with Crippen molar-refractivity contribution < 1.29 is 19.5 Å². The maximum atomic E-state index is 12.0. The molecule has 132 valence electrons. The van der Waals surface area contributed by atoms with Crippen molar-refractivity contribution >= 4 is 17.8 Å². The molecule has 0 aliphatic rings. The molecular formula is C18H26N2O4. The van der Waals surface area contributed by atoms with Crippen molar-refractivity contribution in [3.05, 3.63) is 35.9 Å². The van der Waals surface area contributed by atoms with E-state index in [9.17, 15) is 19.5 Å². The van der Waals surface area contributed by atoms with Gasteiger partial charge in [0.05, 0.1) is 0 Å². The van der Waals surface area contributed by atoms with Crippen LogP contribution >= 0.6 is 0 Å². The fourth-order valence-electron chi connectivity index (χ4n) is 2.32. The molecule has 0 aromatic heterocycles. The third kappa shape index (κ3) is 6.40. The van der Waals surface area contributed by atoms with E-state index < -0.39 is 12.0 Å². The number of hydrogen-bond acceptors (Lipinski definition) is 3. The Morgan fingerprint density at radius 1 is 1.21 bits per heavy atom. The van der Waals surface area contributed by atoms with Crippen LogP contribution in [0.4, 0.5) is 0 Å². The summed E-state index contributed by atoms with van der Waals surface area (Å²) in [4.78, 5) is 36.6. The van der Waals surface area contributed by atoms with Gasteiger partial charge in [0, 0.05) is 26.4 Å². The number of aliphatic carboxylic acids is 1. The summed E-state index contributed by atoms with van der Waals surface area (Å²) in [5, 5.41) is 11.8. The standard InChI is InChI=1S/C18H26N2O4/c1-4-13(2)17(18(23)24)19-16(22)10-11-20(14(3)21)12-15-8-6-5-7-9-15/h5-9,13,17H,4,10-12H2,1-3H3,(H,19,22)(H,23,24)/t13-,17-/m0/s1. The number of carboxylic acid groups (broad SMARTS) is 1. The zero-order chi connectivity index (χ0) is 18.1. The van der Waals surface area contributed by atoms with Crippen LogP contribution in [0.5, 0.6) is 0 Å². The molecule has 6 heteroatoms. The van der Waals surface area contributed by atoms with Crippen molar-refractivity contribution in [3.8, 4) is 0 Å². The van der Waals surface area contributed by atoms with Crippen molar-refractivity contribution in [2.45, 2.75) is 46.2 Å². The van der Waals surface area contributed by atoms with Crippen molar-refractivity contribution in [2.75, 3.05) is 6.54 Å². The second-order valence-electron chi connectivity index (χ2n) is 5.95. The molecule has 2 amide bonds. The Bertz CT molecular complexity index is 559. The van der Waals surface area contributed by atoms with E-state index in [0.29, 0.717) is 13.0 Å². The van der Waals surface area contributed by atoms with E-state index in [1.807, 2.05) is 37.3 Å². The Morgan fingerprint density at radius 2 is 1.83 bits per heavy atom. The monoisotopic (exact) mass is 334 g/mol. The van der Waals surface area contributed by atoms with Crippen LogP contribution in [0, 0.1) is 5.92 Å². The number of carbonyl (C=O) groups excluding carboxylic acids is 2. The molecule has 0 fully saturated rings. The summed E-state index contributed by atoms with van der Waals surface area (Å²) in [7, 11) is 0. The molecule has 6 nitrogen and oxygen atoms in total. The highest BCUT2D eigenvalue weighted by molar-refractivity contribution is 5.84. The molecule has 0 bridgehead atoms. The lowest BCUT2D eigenvalue weighted by Gasteiger charge is -2.23. The molecule has 1 rings (SSSR count). The lowest BCUT2D eigenvalue weighted by molar-refractivity contribution is -0.143. The number of benzene rings is 1. The molecule has 24 heavy (non-hydrogen) atoms. The Balaban J connectivity index is 2.58. The van der Waals surface area contributed by atoms with E-state index >= 15 is 0 Å². The highest BCUT2D eigenvalue weighted by Crippen LogP contribution is 2.09. The zero-order valence-electron chi connectivity index (χ0n) is 14.5. The van der Waals surface area contributed by atoms with Gasteiger partial charge < -0.3 is 15.3 Å². The number of hydrogen-bond donors (Lipinski definition) is 2. The highest BCUT2D eigenvalue weighted by atomic mass is 16.4. The number of carboxylic acids is 1. The molecule has 0 saturated carbocycles. The third-order valence-electron chi connectivity index (χ3n) is 4.07. The second kappa shape index (κ2) is 9.70. The van der Waals surface area contributed by atoms with Crippen LogP contribution in [0.1, 0.15) is 39.2 Å². The van der Waals surface area contributed by atoms with E-state index in [2.05, 4.69) is 5.32 Å². The molecular weight excluding hydrogens is 308 g/mol. The van der Waals surface area contributed by atoms with Gasteiger partial charge in [0.2, 0.25) is 11.8 Å². The molecule has 0 radical (unpaired) electrons. The minimum absolute atomic E-state index is 0.0760. The number of nitrogens with one attached hydrogen (secondary N) is 1. The van der Waals surface area contributed by atoms with Gasteiger partial charge in [0.1, 0.15) is 6.04 Å². The quantitative estimate of drug-likeness (QED) is 0.723. The maximum absolute atomic E-state index is 12.0. The topological polar surface area (TPSA) is 86.7 Å². The molecule has 0 heterocycles. The van der Waals surface area contributed by atoms with Gasteiger partial charge in [-0.1, -0.05) is 50.6 Å². The average Bonchev–Trinajstić information content (AvgIpc) is 2.56. The third-order valence-corrected chi connectivity index (χ3v) is 4.07. The van der Waals surface area contributed by atoms with Crippen LogP contribution < -0.4 is 5.32 Å². The molecule has 0 aliphatic heterocycles. The molecule has 0 aliphatic carbocycles. The van der Waals surface area contributed by atoms with E-state index in [4.69, 9.17) is 0 Å². The summed E-state index contributed by atoms with van der Waals surface area (Å²) in [5.41, 5.74) is 0.983. The first-order valence-corrected chi connectivity index (χ1v) is 8.16. The summed E-state index contributed by atoms with van der Waals surface area (Å²) in [6, 6.07) is 8.62. The fraction of sp³-hybridized carbons (Fsp3) is 0.500. The predicted molar refractivity (Wildman–Crippen MR) is 91.2 cm³/mol. The lowest BCUT2D eigenvalue weighted by atomic mass is 9.99. The lowest BCUT2D eigenvalue weighted by Crippen LogP contribution is -2.46. The van der Waals surface area contributed by atoms with Crippen molar-refractivity contribution in [1.29, 1.82) is 0 Å². The average molecular weight is 334 g/mol. The maximum Gasteiger partial charge on any atom is 0.326 e. The minimum Gasteiger partial charge on any atom is -0.480 e. The number of rotatable bonds is 9. The first kappa shape index (κ1) is 19.7. The summed E-state index contributed by atoms with van der Waals surface area (Å²) in [5.74, 6) is -1.67. The molecule has 0 spiro atoms. The van der Waals surface area contributed by atoms with Crippen molar-refractivity contribution in [2.24, 2.45) is 5.92 Å². The first-order chi connectivity index (χ1) is 11.3. The molecule has 0 unspecified atom stereocenters. The van der Waals surface area contributed by atoms with Crippen LogP contribution in [0.2, 0.25) is 0 Å². The van der Waals surface area contributed by atoms with E-state index in [-0.39, 0.29) is 30.7 Å². The van der Waals surface area contributed by atoms with Gasteiger partial charge >= 0.3 is 5.97 Å². The molecule has 1 aromatic carbocycles. The number of amides is 2. The van der Waals surface area contributed by atoms with Crippen molar-refractivity contribution in [1.82, 2.24) is 10.2 Å². The first-order valence-electron chi connectivity index (χ1n) is 8.16. The van der Waals surface area contributed by atoms with Crippen LogP contribution in [0.25, 0.3) is 0 Å². The molecule has 1 aromatic rings. The normalized spacial score (nSPS) is 13.0. The Hall–Kier alpha value is -2.37. The summed E-state index contributed by atoms with van der Waals surface area (Å²) < 4.78 is 0. The van der Waals surface area contributed by atoms with E-state index in [1.54, 1.807) is 11.8 Å². The Kier molecular flexibility index (Phi) is 7.95. The van der Waals surface area contributed by atoms with Crippen molar-refractivity contribution in [3.63, 3.8) is 0 Å². The van der Waals surface area contributed by atoms with Gasteiger partial charge in [-0.05, 0) is 11.5 Å². The summed E-state index contributed by atoms with van der Waals surface area (Å²) in [6.07, 6.45) is 0.734. The number of carbonyl (C=O) groups is 3. The van der Waals surface area contributed by atoms with Gasteiger partial charge in [0.25, 0.3) is 0 Å². The van der Waals surface area contributed by atoms with Crippen LogP contribution in [0.15, 0.2) is 30.3 Å². The Morgan fingerprint density at radius 3 is 2.33 bits per heavy atom. The van der Waals surface area contributed by atoms with E-state index in [1.165, 1.54) is 6.92 Å². The van der Waals surface area contributed by atoms with Gasteiger partial charge in [-0.25, -0.2) is 4.79 Å². The molecule has 0 saturated heterocycles. The Labute approximate surface area is 142 Å². The minimum atomic E-state index is -1.04. The largest absolute Gasteiger partial charge is 0.480 e. The number of nitrogens with zero attached hydrogens (tertiary/aromatic N) is 1. The zero-order valence-corrected chi connectivity index (χ0v) is 14.5. The predicted octanol–water partition coefficient (Wildman–Crippen LogP) is 2.04.